The van der Waals surface area contributed by atoms with E-state index < -0.39 is 0 Å². The number of nitrogens with zero attached hydrogens (tertiary/aromatic N) is 1. The van der Waals surface area contributed by atoms with Crippen LogP contribution in [0.2, 0.25) is 0 Å². The molecule has 2 nitrogen and oxygen atoms in total. The van der Waals surface area contributed by atoms with Crippen LogP contribution in [-0.4, -0.2) is 38.3 Å². The molecule has 3 aliphatic carbocycles. The minimum absolute atomic E-state index is 0.545. The van der Waals surface area contributed by atoms with Crippen molar-refractivity contribution in [2.45, 2.75) is 46.1 Å². The molecular formula is C17H31NO. The Hall–Kier alpha value is -0.0800. The Bertz CT molecular complexity index is 335. The van der Waals surface area contributed by atoms with E-state index in [9.17, 15) is 0 Å². The van der Waals surface area contributed by atoms with E-state index in [0.29, 0.717) is 5.41 Å². The van der Waals surface area contributed by atoms with Gasteiger partial charge in [-0.05, 0) is 61.3 Å². The zero-order chi connectivity index (χ0) is 13.8. The molecule has 110 valence electrons. The normalized spacial score (nSPS) is 44.5. The molecular weight excluding hydrogens is 234 g/mol. The van der Waals surface area contributed by atoms with E-state index in [1.807, 2.05) is 7.11 Å². The maximum absolute atomic E-state index is 5.26. The molecule has 0 radical (unpaired) electrons. The smallest absolute Gasteiger partial charge is 0.0506 e. The van der Waals surface area contributed by atoms with Crippen LogP contribution in [0.1, 0.15) is 40.0 Å². The summed E-state index contributed by atoms with van der Waals surface area (Å²) in [6, 6.07) is 0.818. The fraction of sp³-hybridized carbons (Fsp3) is 1.00. The van der Waals surface area contributed by atoms with Gasteiger partial charge in [-0.15, -0.1) is 0 Å². The second-order valence-electron chi connectivity index (χ2n) is 8.49. The zero-order valence-corrected chi connectivity index (χ0v) is 13.4. The van der Waals surface area contributed by atoms with E-state index in [2.05, 4.69) is 32.7 Å². The van der Waals surface area contributed by atoms with Gasteiger partial charge in [-0.25, -0.2) is 0 Å². The number of rotatable bonds is 6. The molecule has 6 unspecified atom stereocenters. The molecule has 0 aromatic carbocycles. The molecule has 0 aliphatic heterocycles. The lowest BCUT2D eigenvalue weighted by molar-refractivity contribution is 0.170. The number of ether oxygens (including phenoxy) is 1. The molecule has 0 bridgehead atoms. The Morgan fingerprint density at radius 1 is 1.05 bits per heavy atom. The second kappa shape index (κ2) is 4.73. The van der Waals surface area contributed by atoms with Crippen LogP contribution in [0.5, 0.6) is 0 Å². The first-order valence-electron chi connectivity index (χ1n) is 8.11. The van der Waals surface area contributed by atoms with Crippen LogP contribution in [0.4, 0.5) is 0 Å². The lowest BCUT2D eigenvalue weighted by Crippen LogP contribution is -2.26. The maximum Gasteiger partial charge on any atom is 0.0506 e. The SMILES string of the molecule is COCC1CC1N(C)CC1CC1C1CC1C(C)(C)C. The molecule has 0 heterocycles. The van der Waals surface area contributed by atoms with E-state index in [0.717, 1.165) is 42.2 Å². The van der Waals surface area contributed by atoms with Crippen molar-refractivity contribution in [2.75, 3.05) is 27.3 Å². The van der Waals surface area contributed by atoms with Crippen LogP contribution in [0, 0.1) is 35.0 Å². The summed E-state index contributed by atoms with van der Waals surface area (Å²) in [5.74, 6) is 4.95. The van der Waals surface area contributed by atoms with Crippen molar-refractivity contribution in [3.8, 4) is 0 Å². The van der Waals surface area contributed by atoms with Crippen molar-refractivity contribution < 1.29 is 4.74 Å². The second-order valence-corrected chi connectivity index (χ2v) is 8.49. The lowest BCUT2D eigenvalue weighted by atomic mass is 9.88. The van der Waals surface area contributed by atoms with Gasteiger partial charge in [0.1, 0.15) is 0 Å². The average molecular weight is 265 g/mol. The third-order valence-corrected chi connectivity index (χ3v) is 5.83. The Labute approximate surface area is 118 Å². The molecule has 3 saturated carbocycles. The Morgan fingerprint density at radius 3 is 2.37 bits per heavy atom. The van der Waals surface area contributed by atoms with Gasteiger partial charge < -0.3 is 9.64 Å². The molecule has 3 aliphatic rings. The number of methoxy groups -OCH3 is 1. The summed E-state index contributed by atoms with van der Waals surface area (Å²) in [5.41, 5.74) is 0.545. The van der Waals surface area contributed by atoms with Crippen LogP contribution in [0.25, 0.3) is 0 Å². The van der Waals surface area contributed by atoms with Gasteiger partial charge in [0.05, 0.1) is 6.61 Å². The van der Waals surface area contributed by atoms with Gasteiger partial charge >= 0.3 is 0 Å². The highest BCUT2D eigenvalue weighted by Gasteiger charge is 2.57. The molecule has 19 heavy (non-hydrogen) atoms. The predicted octanol–water partition coefficient (Wildman–Crippen LogP) is 3.27. The highest BCUT2D eigenvalue weighted by Crippen LogP contribution is 2.63. The monoisotopic (exact) mass is 265 g/mol. The van der Waals surface area contributed by atoms with Crippen LogP contribution in [0.3, 0.4) is 0 Å². The highest BCUT2D eigenvalue weighted by atomic mass is 16.5. The van der Waals surface area contributed by atoms with Gasteiger partial charge in [-0.3, -0.25) is 0 Å². The van der Waals surface area contributed by atoms with Crippen molar-refractivity contribution in [1.29, 1.82) is 0 Å². The maximum atomic E-state index is 5.26. The fourth-order valence-electron chi connectivity index (χ4n) is 4.36. The quantitative estimate of drug-likeness (QED) is 0.731. The molecule has 3 rings (SSSR count). The Morgan fingerprint density at radius 2 is 1.79 bits per heavy atom. The molecule has 0 aromatic heterocycles. The molecule has 0 aromatic rings. The first-order chi connectivity index (χ1) is 8.91. The summed E-state index contributed by atoms with van der Waals surface area (Å²) in [6.45, 7) is 9.54. The molecule has 0 amide bonds. The van der Waals surface area contributed by atoms with Gasteiger partial charge in [0, 0.05) is 19.7 Å². The number of hydrogen-bond donors (Lipinski definition) is 0. The topological polar surface area (TPSA) is 12.5 Å². The standard InChI is InChI=1S/C17H31NO/c1-17(2,3)15-8-14(15)13-6-11(13)9-18(4)16-7-12(16)10-19-5/h11-16H,6-10H2,1-5H3. The average Bonchev–Trinajstić information content (AvgIpc) is 3.15. The molecule has 0 N–H and O–H groups in total. The largest absolute Gasteiger partial charge is 0.384 e. The van der Waals surface area contributed by atoms with Crippen molar-refractivity contribution in [1.82, 2.24) is 4.90 Å². The first-order valence-corrected chi connectivity index (χ1v) is 8.11. The summed E-state index contributed by atoms with van der Waals surface area (Å²) < 4.78 is 5.26. The van der Waals surface area contributed by atoms with Crippen LogP contribution >= 0.6 is 0 Å². The Balaban J connectivity index is 1.38. The highest BCUT2D eigenvalue weighted by molar-refractivity contribution is 5.06. The summed E-state index contributed by atoms with van der Waals surface area (Å²) in [5, 5.41) is 0. The van der Waals surface area contributed by atoms with E-state index in [-0.39, 0.29) is 0 Å². The third-order valence-electron chi connectivity index (χ3n) is 5.83. The molecule has 6 atom stereocenters. The summed E-state index contributed by atoms with van der Waals surface area (Å²) in [4.78, 5) is 2.61. The molecule has 0 saturated heterocycles. The van der Waals surface area contributed by atoms with Gasteiger partial charge in [0.25, 0.3) is 0 Å². The lowest BCUT2D eigenvalue weighted by Gasteiger charge is -2.19. The van der Waals surface area contributed by atoms with Crippen LogP contribution in [0.15, 0.2) is 0 Å². The minimum Gasteiger partial charge on any atom is -0.384 e. The zero-order valence-electron chi connectivity index (χ0n) is 13.4. The predicted molar refractivity (Wildman–Crippen MR) is 79.1 cm³/mol. The van der Waals surface area contributed by atoms with Crippen molar-refractivity contribution in [3.63, 3.8) is 0 Å². The van der Waals surface area contributed by atoms with E-state index in [1.54, 1.807) is 0 Å². The molecule has 0 spiro atoms. The minimum atomic E-state index is 0.545. The van der Waals surface area contributed by atoms with E-state index >= 15 is 0 Å². The van der Waals surface area contributed by atoms with Crippen LogP contribution < -0.4 is 0 Å². The van der Waals surface area contributed by atoms with Gasteiger partial charge in [-0.2, -0.15) is 0 Å². The summed E-state index contributed by atoms with van der Waals surface area (Å²) in [7, 11) is 4.15. The van der Waals surface area contributed by atoms with E-state index in [1.165, 1.54) is 25.8 Å². The number of hydrogen-bond acceptors (Lipinski definition) is 2. The third kappa shape index (κ3) is 3.00. The fourth-order valence-corrected chi connectivity index (χ4v) is 4.36. The van der Waals surface area contributed by atoms with Crippen molar-refractivity contribution >= 4 is 0 Å². The van der Waals surface area contributed by atoms with Gasteiger partial charge in [0.2, 0.25) is 0 Å². The van der Waals surface area contributed by atoms with Crippen molar-refractivity contribution in [2.24, 2.45) is 35.0 Å². The molecule has 2 heteroatoms. The summed E-state index contributed by atoms with van der Waals surface area (Å²) >= 11 is 0. The van der Waals surface area contributed by atoms with Gasteiger partial charge in [0.15, 0.2) is 0 Å². The first kappa shape index (κ1) is 13.9. The van der Waals surface area contributed by atoms with Crippen LogP contribution in [-0.2, 0) is 4.74 Å². The van der Waals surface area contributed by atoms with Crippen molar-refractivity contribution in [3.05, 3.63) is 0 Å². The van der Waals surface area contributed by atoms with E-state index in [4.69, 9.17) is 4.74 Å². The summed E-state index contributed by atoms with van der Waals surface area (Å²) in [6.07, 6.45) is 4.36. The Kier molecular flexibility index (Phi) is 3.46. The van der Waals surface area contributed by atoms with Gasteiger partial charge in [-0.1, -0.05) is 20.8 Å². The molecule has 3 fully saturated rings.